The number of methoxy groups -OCH3 is 1. The molecule has 7 nitrogen and oxygen atoms in total. The fourth-order valence-corrected chi connectivity index (χ4v) is 3.75. The third kappa shape index (κ3) is 6.16. The van der Waals surface area contributed by atoms with Gasteiger partial charge in [0.05, 0.1) is 31.0 Å². The van der Waals surface area contributed by atoms with Gasteiger partial charge in [0.15, 0.2) is 5.96 Å². The highest BCUT2D eigenvalue weighted by Gasteiger charge is 2.58. The predicted octanol–water partition coefficient (Wildman–Crippen LogP) is 1.45. The van der Waals surface area contributed by atoms with Crippen molar-refractivity contribution < 1.29 is 14.6 Å². The highest BCUT2D eigenvalue weighted by Crippen LogP contribution is 2.51. The summed E-state index contributed by atoms with van der Waals surface area (Å²) in [6.45, 7) is 15.4. The number of halogens is 1. The maximum absolute atomic E-state index is 10.7. The van der Waals surface area contributed by atoms with E-state index in [1.54, 1.807) is 7.11 Å². The Morgan fingerprint density at radius 1 is 1.33 bits per heavy atom. The van der Waals surface area contributed by atoms with Crippen LogP contribution < -0.4 is 10.6 Å². The first-order valence-corrected chi connectivity index (χ1v) is 9.76. The van der Waals surface area contributed by atoms with E-state index in [9.17, 15) is 5.11 Å². The van der Waals surface area contributed by atoms with Crippen molar-refractivity contribution in [1.82, 2.24) is 15.5 Å². The summed E-state index contributed by atoms with van der Waals surface area (Å²) >= 11 is 0. The van der Waals surface area contributed by atoms with Crippen LogP contribution >= 0.6 is 24.0 Å². The molecule has 0 radical (unpaired) electrons. The summed E-state index contributed by atoms with van der Waals surface area (Å²) in [6.07, 6.45) is 0.936. The van der Waals surface area contributed by atoms with Gasteiger partial charge in [-0.15, -0.1) is 24.0 Å². The van der Waals surface area contributed by atoms with E-state index in [4.69, 9.17) is 9.47 Å². The number of β-amino-alcohol motifs (C(OH)–C–C–N with tert-alkyl or cyclic N) is 1. The number of aliphatic imine (C=N–C) groups is 1. The number of nitrogens with one attached hydrogen (secondary N) is 2. The second kappa shape index (κ2) is 10.0. The fraction of sp³-hybridized carbons (Fsp3) is 0.947. The van der Waals surface area contributed by atoms with E-state index in [0.29, 0.717) is 13.1 Å². The summed E-state index contributed by atoms with van der Waals surface area (Å²) in [7, 11) is 1.78. The Morgan fingerprint density at radius 2 is 1.96 bits per heavy atom. The first-order valence-electron chi connectivity index (χ1n) is 9.76. The van der Waals surface area contributed by atoms with Crippen LogP contribution in [-0.4, -0.2) is 86.3 Å². The number of guanidine groups is 1. The SMILES string of the molecule is CCNC(=NCC(C)(O)CN1CCOCC1)NC1CC(C)(OC)C1(C)C.I. The van der Waals surface area contributed by atoms with E-state index in [0.717, 1.165) is 45.2 Å². The van der Waals surface area contributed by atoms with Gasteiger partial charge in [-0.2, -0.15) is 0 Å². The van der Waals surface area contributed by atoms with E-state index in [1.165, 1.54) is 0 Å². The van der Waals surface area contributed by atoms with Crippen molar-refractivity contribution in [2.24, 2.45) is 10.4 Å². The van der Waals surface area contributed by atoms with Gasteiger partial charge in [-0.25, -0.2) is 0 Å². The van der Waals surface area contributed by atoms with Gasteiger partial charge in [-0.1, -0.05) is 13.8 Å². The quantitative estimate of drug-likeness (QED) is 0.280. The van der Waals surface area contributed by atoms with Crippen LogP contribution in [0.4, 0.5) is 0 Å². The number of ether oxygens (including phenoxy) is 2. The van der Waals surface area contributed by atoms with Crippen LogP contribution in [0.3, 0.4) is 0 Å². The van der Waals surface area contributed by atoms with Gasteiger partial charge in [-0.3, -0.25) is 9.89 Å². The average Bonchev–Trinajstić information content (AvgIpc) is 2.59. The molecule has 0 aromatic rings. The summed E-state index contributed by atoms with van der Waals surface area (Å²) in [5.74, 6) is 0.756. The molecule has 2 rings (SSSR count). The highest BCUT2D eigenvalue weighted by molar-refractivity contribution is 14.0. The van der Waals surface area contributed by atoms with Gasteiger partial charge >= 0.3 is 0 Å². The van der Waals surface area contributed by atoms with Gasteiger partial charge in [-0.05, 0) is 27.2 Å². The largest absolute Gasteiger partial charge is 0.387 e. The van der Waals surface area contributed by atoms with Crippen LogP contribution in [0.2, 0.25) is 0 Å². The molecular formula is C19H39IN4O3. The summed E-state index contributed by atoms with van der Waals surface area (Å²) in [6, 6.07) is 0.287. The lowest BCUT2D eigenvalue weighted by atomic mass is 9.56. The van der Waals surface area contributed by atoms with Gasteiger partial charge < -0.3 is 25.2 Å². The van der Waals surface area contributed by atoms with Crippen molar-refractivity contribution >= 4 is 29.9 Å². The van der Waals surface area contributed by atoms with E-state index >= 15 is 0 Å². The second-order valence-electron chi connectivity index (χ2n) is 8.64. The molecule has 1 aliphatic heterocycles. The van der Waals surface area contributed by atoms with E-state index < -0.39 is 5.60 Å². The molecule has 0 aromatic heterocycles. The Labute approximate surface area is 181 Å². The van der Waals surface area contributed by atoms with E-state index in [2.05, 4.69) is 41.3 Å². The highest BCUT2D eigenvalue weighted by atomic mass is 127. The number of morpholine rings is 1. The fourth-order valence-electron chi connectivity index (χ4n) is 3.75. The van der Waals surface area contributed by atoms with Crippen molar-refractivity contribution in [3.05, 3.63) is 0 Å². The second-order valence-corrected chi connectivity index (χ2v) is 8.64. The average molecular weight is 498 g/mol. The molecule has 3 N–H and O–H groups in total. The number of aliphatic hydroxyl groups is 1. The molecular weight excluding hydrogens is 459 g/mol. The Kier molecular flexibility index (Phi) is 9.26. The van der Waals surface area contributed by atoms with Crippen LogP contribution in [0.1, 0.15) is 41.0 Å². The molecule has 2 aliphatic rings. The lowest BCUT2D eigenvalue weighted by Gasteiger charge is -2.59. The minimum atomic E-state index is -0.865. The van der Waals surface area contributed by atoms with Crippen molar-refractivity contribution in [2.75, 3.05) is 53.0 Å². The zero-order chi connectivity index (χ0) is 19.4. The molecule has 1 saturated heterocycles. The summed E-state index contributed by atoms with van der Waals surface area (Å²) in [5.41, 5.74) is -0.978. The van der Waals surface area contributed by atoms with Crippen molar-refractivity contribution in [3.63, 3.8) is 0 Å². The molecule has 0 aromatic carbocycles. The minimum absolute atomic E-state index is 0. The molecule has 27 heavy (non-hydrogen) atoms. The van der Waals surface area contributed by atoms with Crippen molar-refractivity contribution in [3.8, 4) is 0 Å². The third-order valence-electron chi connectivity index (χ3n) is 6.18. The Morgan fingerprint density at radius 3 is 2.48 bits per heavy atom. The topological polar surface area (TPSA) is 78.4 Å². The predicted molar refractivity (Wildman–Crippen MR) is 120 cm³/mol. The Bertz CT molecular complexity index is 495. The molecule has 0 spiro atoms. The maximum atomic E-state index is 10.7. The minimum Gasteiger partial charge on any atom is -0.387 e. The van der Waals surface area contributed by atoms with Crippen molar-refractivity contribution in [2.45, 2.75) is 58.3 Å². The van der Waals surface area contributed by atoms with Crippen LogP contribution in [0.5, 0.6) is 0 Å². The molecule has 2 fully saturated rings. The lowest BCUT2D eigenvalue weighted by Crippen LogP contribution is -2.69. The van der Waals surface area contributed by atoms with Gasteiger partial charge in [0.25, 0.3) is 0 Å². The number of nitrogens with zero attached hydrogens (tertiary/aromatic N) is 2. The molecule has 8 heteroatoms. The number of hydrogen-bond donors (Lipinski definition) is 3. The smallest absolute Gasteiger partial charge is 0.191 e. The zero-order valence-electron chi connectivity index (χ0n) is 17.8. The molecule has 1 aliphatic carbocycles. The van der Waals surface area contributed by atoms with Crippen LogP contribution in [0.25, 0.3) is 0 Å². The van der Waals surface area contributed by atoms with Crippen LogP contribution in [0.15, 0.2) is 4.99 Å². The molecule has 1 heterocycles. The zero-order valence-corrected chi connectivity index (χ0v) is 20.1. The van der Waals surface area contributed by atoms with Gasteiger partial charge in [0, 0.05) is 44.7 Å². The van der Waals surface area contributed by atoms with Crippen LogP contribution in [-0.2, 0) is 9.47 Å². The molecule has 0 amide bonds. The van der Waals surface area contributed by atoms with E-state index in [-0.39, 0.29) is 41.0 Å². The standard InChI is InChI=1S/C19H38N4O3.HI/c1-7-20-16(22-15-12-19(5,25-6)17(15,2)3)21-13-18(4,24)14-23-8-10-26-11-9-23;/h15,24H,7-14H2,1-6H3,(H2,20,21,22);1H. The first kappa shape index (κ1) is 24.9. The normalized spacial score (nSPS) is 30.6. The van der Waals surface area contributed by atoms with Crippen molar-refractivity contribution in [1.29, 1.82) is 0 Å². The lowest BCUT2D eigenvalue weighted by molar-refractivity contribution is -0.176. The number of rotatable bonds is 7. The summed E-state index contributed by atoms with van der Waals surface area (Å²) < 4.78 is 11.1. The molecule has 3 unspecified atom stereocenters. The Hall–Kier alpha value is -0.160. The molecule has 1 saturated carbocycles. The molecule has 0 bridgehead atoms. The molecule has 160 valence electrons. The monoisotopic (exact) mass is 498 g/mol. The summed E-state index contributed by atoms with van der Waals surface area (Å²) in [4.78, 5) is 6.89. The van der Waals surface area contributed by atoms with E-state index in [1.807, 2.05) is 13.8 Å². The third-order valence-corrected chi connectivity index (χ3v) is 6.18. The molecule has 3 atom stereocenters. The van der Waals surface area contributed by atoms with Crippen LogP contribution in [0, 0.1) is 5.41 Å². The number of hydrogen-bond acceptors (Lipinski definition) is 5. The Balaban J connectivity index is 0.00000364. The van der Waals surface area contributed by atoms with Gasteiger partial charge in [0.2, 0.25) is 0 Å². The summed E-state index contributed by atoms with van der Waals surface area (Å²) in [5, 5.41) is 17.6. The first-order chi connectivity index (χ1) is 12.1. The maximum Gasteiger partial charge on any atom is 0.191 e. The van der Waals surface area contributed by atoms with Gasteiger partial charge in [0.1, 0.15) is 0 Å².